The SMILES string of the molecule is Cc1cc(C2=N/C(=C\c3ccc4c(c3)OCO4)C(=O)O2)ccc1[N+](=O)[O-]. The van der Waals surface area contributed by atoms with Crippen molar-refractivity contribution in [3.8, 4) is 11.5 Å². The van der Waals surface area contributed by atoms with E-state index in [0.29, 0.717) is 28.2 Å². The van der Waals surface area contributed by atoms with Crippen LogP contribution in [0.5, 0.6) is 11.5 Å². The van der Waals surface area contributed by atoms with Gasteiger partial charge in [-0.1, -0.05) is 6.07 Å². The summed E-state index contributed by atoms with van der Waals surface area (Å²) in [5.41, 5.74) is 1.80. The summed E-state index contributed by atoms with van der Waals surface area (Å²) in [7, 11) is 0. The Kier molecular flexibility index (Phi) is 3.65. The summed E-state index contributed by atoms with van der Waals surface area (Å²) in [6.45, 7) is 1.78. The minimum Gasteiger partial charge on any atom is -0.454 e. The van der Waals surface area contributed by atoms with Crippen molar-refractivity contribution in [3.63, 3.8) is 0 Å². The average molecular weight is 352 g/mol. The predicted molar refractivity (Wildman–Crippen MR) is 91.0 cm³/mol. The molecule has 0 spiro atoms. The standard InChI is InChI=1S/C18H12N2O6/c1-10-6-12(3-4-14(10)20(22)23)17-19-13(18(21)26-17)7-11-2-5-15-16(8-11)25-9-24-15/h2-8H,9H2,1H3/b13-7-. The highest BCUT2D eigenvalue weighted by Crippen LogP contribution is 2.33. The van der Waals surface area contributed by atoms with Gasteiger partial charge in [-0.25, -0.2) is 9.79 Å². The number of cyclic esters (lactones) is 1. The van der Waals surface area contributed by atoms with Crippen LogP contribution in [0, 0.1) is 17.0 Å². The predicted octanol–water partition coefficient (Wildman–Crippen LogP) is 2.98. The number of ether oxygens (including phenoxy) is 3. The van der Waals surface area contributed by atoms with E-state index in [0.717, 1.165) is 0 Å². The molecule has 8 heteroatoms. The highest BCUT2D eigenvalue weighted by molar-refractivity contribution is 6.13. The molecule has 2 aliphatic heterocycles. The third-order valence-electron chi connectivity index (χ3n) is 3.96. The highest BCUT2D eigenvalue weighted by Gasteiger charge is 2.25. The number of carbonyl (C=O) groups is 1. The van der Waals surface area contributed by atoms with Crippen LogP contribution < -0.4 is 9.47 Å². The Morgan fingerprint density at radius 1 is 1.15 bits per heavy atom. The van der Waals surface area contributed by atoms with Crippen LogP contribution in [-0.2, 0) is 9.53 Å². The van der Waals surface area contributed by atoms with E-state index < -0.39 is 10.9 Å². The number of rotatable bonds is 3. The van der Waals surface area contributed by atoms with Crippen LogP contribution in [0.4, 0.5) is 5.69 Å². The molecule has 8 nitrogen and oxygen atoms in total. The van der Waals surface area contributed by atoms with Gasteiger partial charge < -0.3 is 14.2 Å². The van der Waals surface area contributed by atoms with Crippen molar-refractivity contribution < 1.29 is 23.9 Å². The van der Waals surface area contributed by atoms with E-state index in [2.05, 4.69) is 4.99 Å². The fraction of sp³-hybridized carbons (Fsp3) is 0.111. The summed E-state index contributed by atoms with van der Waals surface area (Å²) < 4.78 is 15.8. The van der Waals surface area contributed by atoms with E-state index in [1.165, 1.54) is 12.1 Å². The smallest absolute Gasteiger partial charge is 0.363 e. The first-order valence-electron chi connectivity index (χ1n) is 7.69. The molecule has 0 unspecified atom stereocenters. The molecule has 0 aromatic heterocycles. The molecular weight excluding hydrogens is 340 g/mol. The highest BCUT2D eigenvalue weighted by atomic mass is 16.7. The first-order chi connectivity index (χ1) is 12.5. The fourth-order valence-electron chi connectivity index (χ4n) is 2.69. The van der Waals surface area contributed by atoms with E-state index in [1.807, 2.05) is 0 Å². The topological polar surface area (TPSA) is 100 Å². The molecular formula is C18H12N2O6. The van der Waals surface area contributed by atoms with Gasteiger partial charge in [-0.2, -0.15) is 0 Å². The lowest BCUT2D eigenvalue weighted by Crippen LogP contribution is -2.06. The number of nitro benzene ring substituents is 1. The van der Waals surface area contributed by atoms with Gasteiger partial charge in [0.05, 0.1) is 4.92 Å². The summed E-state index contributed by atoms with van der Waals surface area (Å²) in [4.78, 5) is 26.7. The number of benzene rings is 2. The molecule has 4 rings (SSSR count). The molecule has 0 bridgehead atoms. The third kappa shape index (κ3) is 2.77. The van der Waals surface area contributed by atoms with Crippen LogP contribution >= 0.6 is 0 Å². The Hall–Kier alpha value is -3.68. The largest absolute Gasteiger partial charge is 0.454 e. The summed E-state index contributed by atoms with van der Waals surface area (Å²) in [6.07, 6.45) is 1.58. The van der Waals surface area contributed by atoms with Gasteiger partial charge in [-0.15, -0.1) is 0 Å². The van der Waals surface area contributed by atoms with Crippen molar-refractivity contribution in [1.29, 1.82) is 0 Å². The van der Waals surface area contributed by atoms with Gasteiger partial charge in [-0.05, 0) is 42.8 Å². The molecule has 2 aromatic carbocycles. The summed E-state index contributed by atoms with van der Waals surface area (Å²) in [5.74, 6) is 0.765. The summed E-state index contributed by atoms with van der Waals surface area (Å²) in [6, 6.07) is 9.69. The molecule has 2 aliphatic rings. The zero-order chi connectivity index (χ0) is 18.3. The van der Waals surface area contributed by atoms with Crippen LogP contribution in [-0.4, -0.2) is 23.6 Å². The zero-order valence-electron chi connectivity index (χ0n) is 13.6. The molecule has 2 aromatic rings. The molecule has 0 saturated heterocycles. The molecule has 0 radical (unpaired) electrons. The number of nitro groups is 1. The van der Waals surface area contributed by atoms with Gasteiger partial charge in [0.1, 0.15) is 0 Å². The molecule has 0 atom stereocenters. The summed E-state index contributed by atoms with van der Waals surface area (Å²) in [5, 5.41) is 10.9. The quantitative estimate of drug-likeness (QED) is 0.364. The normalized spacial score (nSPS) is 16.6. The fourth-order valence-corrected chi connectivity index (χ4v) is 2.69. The Morgan fingerprint density at radius 2 is 1.96 bits per heavy atom. The molecule has 2 heterocycles. The first kappa shape index (κ1) is 15.8. The van der Waals surface area contributed by atoms with Gasteiger partial charge >= 0.3 is 5.97 Å². The number of fused-ring (bicyclic) bond motifs is 1. The maximum atomic E-state index is 12.1. The van der Waals surface area contributed by atoms with E-state index in [1.54, 1.807) is 37.3 Å². The number of carbonyl (C=O) groups excluding carboxylic acids is 1. The Labute approximate surface area is 147 Å². The minimum absolute atomic E-state index is 0.00482. The van der Waals surface area contributed by atoms with Crippen molar-refractivity contribution in [3.05, 3.63) is 68.9 Å². The van der Waals surface area contributed by atoms with Crippen molar-refractivity contribution in [2.75, 3.05) is 6.79 Å². The van der Waals surface area contributed by atoms with Gasteiger partial charge in [0, 0.05) is 17.2 Å². The number of nitrogens with zero attached hydrogens (tertiary/aromatic N) is 2. The van der Waals surface area contributed by atoms with Crippen LogP contribution in [0.15, 0.2) is 47.1 Å². The first-order valence-corrected chi connectivity index (χ1v) is 7.69. The molecule has 0 aliphatic carbocycles. The number of hydrogen-bond donors (Lipinski definition) is 0. The third-order valence-corrected chi connectivity index (χ3v) is 3.96. The van der Waals surface area contributed by atoms with Crippen LogP contribution in [0.2, 0.25) is 0 Å². The lowest BCUT2D eigenvalue weighted by atomic mass is 10.1. The molecule has 0 saturated carbocycles. The van der Waals surface area contributed by atoms with E-state index >= 15 is 0 Å². The maximum Gasteiger partial charge on any atom is 0.363 e. The Morgan fingerprint density at radius 3 is 2.73 bits per heavy atom. The zero-order valence-corrected chi connectivity index (χ0v) is 13.6. The second-order valence-electron chi connectivity index (χ2n) is 5.71. The molecule has 0 fully saturated rings. The van der Waals surface area contributed by atoms with Crippen molar-refractivity contribution in [2.24, 2.45) is 4.99 Å². The van der Waals surface area contributed by atoms with Gasteiger partial charge in [0.25, 0.3) is 5.69 Å². The second-order valence-corrected chi connectivity index (χ2v) is 5.71. The van der Waals surface area contributed by atoms with Crippen LogP contribution in [0.1, 0.15) is 16.7 Å². The minimum atomic E-state index is -0.589. The Bertz CT molecular complexity index is 1010. The second kappa shape index (κ2) is 5.99. The van der Waals surface area contributed by atoms with Crippen molar-refractivity contribution in [1.82, 2.24) is 0 Å². The Balaban J connectivity index is 1.65. The molecule has 130 valence electrons. The van der Waals surface area contributed by atoms with Crippen LogP contribution in [0.3, 0.4) is 0 Å². The lowest BCUT2D eigenvalue weighted by Gasteiger charge is -2.01. The maximum absolute atomic E-state index is 12.1. The number of aryl methyl sites for hydroxylation is 1. The van der Waals surface area contributed by atoms with Gasteiger partial charge in [0.15, 0.2) is 17.2 Å². The van der Waals surface area contributed by atoms with Crippen LogP contribution in [0.25, 0.3) is 6.08 Å². The average Bonchev–Trinajstić information content (AvgIpc) is 3.21. The van der Waals surface area contributed by atoms with Gasteiger partial charge in [-0.3, -0.25) is 10.1 Å². The monoisotopic (exact) mass is 352 g/mol. The molecule has 26 heavy (non-hydrogen) atoms. The molecule has 0 N–H and O–H groups in total. The van der Waals surface area contributed by atoms with E-state index in [4.69, 9.17) is 14.2 Å². The number of aliphatic imine (C=N–C) groups is 1. The van der Waals surface area contributed by atoms with E-state index in [-0.39, 0.29) is 24.1 Å². The number of hydrogen-bond acceptors (Lipinski definition) is 7. The lowest BCUT2D eigenvalue weighted by molar-refractivity contribution is -0.385. The van der Waals surface area contributed by atoms with Gasteiger partial charge in [0.2, 0.25) is 12.7 Å². The van der Waals surface area contributed by atoms with E-state index in [9.17, 15) is 14.9 Å². The summed E-state index contributed by atoms with van der Waals surface area (Å²) >= 11 is 0. The van der Waals surface area contributed by atoms with Crippen molar-refractivity contribution >= 4 is 23.6 Å². The number of esters is 1. The molecule has 0 amide bonds. The van der Waals surface area contributed by atoms with Crippen molar-refractivity contribution in [2.45, 2.75) is 6.92 Å².